The molecule has 6 heteroatoms. The van der Waals surface area contributed by atoms with E-state index < -0.39 is 12.0 Å². The number of hydrogen-bond donors (Lipinski definition) is 0. The summed E-state index contributed by atoms with van der Waals surface area (Å²) in [6.07, 6.45) is 0.655. The zero-order valence-electron chi connectivity index (χ0n) is 9.02. The fraction of sp³-hybridized carbons (Fsp3) is 0.273. The molecule has 0 saturated carbocycles. The fourth-order valence-electron chi connectivity index (χ4n) is 1.16. The molecule has 0 N–H and O–H groups in total. The van der Waals surface area contributed by atoms with E-state index in [0.29, 0.717) is 11.8 Å². The van der Waals surface area contributed by atoms with E-state index in [-0.39, 0.29) is 13.0 Å². The van der Waals surface area contributed by atoms with E-state index in [9.17, 15) is 9.59 Å². The lowest BCUT2D eigenvalue weighted by Crippen LogP contribution is -2.17. The number of aldehydes is 1. The Balaban J connectivity index is 2.52. The molecule has 6 nitrogen and oxygen atoms in total. The molecular formula is C11H11N3O3. The second-order valence-corrected chi connectivity index (χ2v) is 3.23. The SMILES string of the molecule is [N-]=[N+]=NC(CC=O)COC(=O)c1ccccc1. The Labute approximate surface area is 97.8 Å². The minimum absolute atomic E-state index is 0.0339. The summed E-state index contributed by atoms with van der Waals surface area (Å²) in [5.41, 5.74) is 8.66. The summed E-state index contributed by atoms with van der Waals surface area (Å²) in [5.74, 6) is -0.505. The molecule has 0 bridgehead atoms. The minimum atomic E-state index is -0.648. The monoisotopic (exact) mass is 233 g/mol. The van der Waals surface area contributed by atoms with Crippen LogP contribution in [0, 0.1) is 0 Å². The van der Waals surface area contributed by atoms with Crippen LogP contribution < -0.4 is 0 Å². The smallest absolute Gasteiger partial charge is 0.338 e. The maximum atomic E-state index is 11.5. The predicted molar refractivity (Wildman–Crippen MR) is 60.3 cm³/mol. The van der Waals surface area contributed by atoms with Gasteiger partial charge in [0.05, 0.1) is 11.6 Å². The van der Waals surface area contributed by atoms with Crippen LogP contribution in [0.2, 0.25) is 0 Å². The Hall–Kier alpha value is -2.33. The van der Waals surface area contributed by atoms with Crippen LogP contribution in [0.3, 0.4) is 0 Å². The quantitative estimate of drug-likeness (QED) is 0.247. The second-order valence-electron chi connectivity index (χ2n) is 3.23. The molecule has 0 fully saturated rings. The highest BCUT2D eigenvalue weighted by Gasteiger charge is 2.11. The molecule has 0 aromatic heterocycles. The van der Waals surface area contributed by atoms with Crippen LogP contribution in [0.5, 0.6) is 0 Å². The molecule has 88 valence electrons. The van der Waals surface area contributed by atoms with Crippen LogP contribution in [-0.4, -0.2) is 24.9 Å². The Morgan fingerprint density at radius 1 is 1.47 bits per heavy atom. The van der Waals surface area contributed by atoms with Gasteiger partial charge in [0.15, 0.2) is 0 Å². The van der Waals surface area contributed by atoms with Crippen molar-refractivity contribution in [3.05, 3.63) is 46.3 Å². The Kier molecular flexibility index (Phi) is 5.27. The molecule has 1 aromatic carbocycles. The maximum Gasteiger partial charge on any atom is 0.338 e. The lowest BCUT2D eigenvalue weighted by molar-refractivity contribution is -0.108. The first-order valence-electron chi connectivity index (χ1n) is 4.98. The van der Waals surface area contributed by atoms with E-state index >= 15 is 0 Å². The van der Waals surface area contributed by atoms with E-state index in [1.165, 1.54) is 0 Å². The minimum Gasteiger partial charge on any atom is -0.462 e. The summed E-state index contributed by atoms with van der Waals surface area (Å²) in [4.78, 5) is 24.4. The van der Waals surface area contributed by atoms with E-state index in [0.717, 1.165) is 0 Å². The van der Waals surface area contributed by atoms with Crippen LogP contribution >= 0.6 is 0 Å². The third-order valence-corrected chi connectivity index (χ3v) is 2.00. The van der Waals surface area contributed by atoms with Gasteiger partial charge in [-0.05, 0) is 17.7 Å². The topological polar surface area (TPSA) is 92.1 Å². The molecule has 0 amide bonds. The van der Waals surface area contributed by atoms with E-state index in [1.54, 1.807) is 30.3 Å². The molecule has 1 unspecified atom stereocenters. The number of rotatable bonds is 6. The molecule has 0 aliphatic rings. The van der Waals surface area contributed by atoms with Crippen molar-refractivity contribution in [1.29, 1.82) is 0 Å². The van der Waals surface area contributed by atoms with Gasteiger partial charge in [-0.2, -0.15) is 0 Å². The number of carbonyl (C=O) groups excluding carboxylic acids is 2. The second kappa shape index (κ2) is 7.03. The summed E-state index contributed by atoms with van der Waals surface area (Å²) in [7, 11) is 0. The fourth-order valence-corrected chi connectivity index (χ4v) is 1.16. The van der Waals surface area contributed by atoms with Gasteiger partial charge in [0.25, 0.3) is 0 Å². The largest absolute Gasteiger partial charge is 0.462 e. The number of esters is 1. The Morgan fingerprint density at radius 2 is 2.18 bits per heavy atom. The van der Waals surface area contributed by atoms with Gasteiger partial charge in [-0.3, -0.25) is 0 Å². The molecule has 0 spiro atoms. The highest BCUT2D eigenvalue weighted by molar-refractivity contribution is 5.89. The molecule has 0 heterocycles. The Morgan fingerprint density at radius 3 is 2.76 bits per heavy atom. The van der Waals surface area contributed by atoms with Crippen LogP contribution in [0.15, 0.2) is 35.4 Å². The number of ether oxygens (including phenoxy) is 1. The van der Waals surface area contributed by atoms with Crippen LogP contribution in [0.4, 0.5) is 0 Å². The lowest BCUT2D eigenvalue weighted by Gasteiger charge is -2.08. The van der Waals surface area contributed by atoms with Gasteiger partial charge in [-0.1, -0.05) is 23.3 Å². The van der Waals surface area contributed by atoms with E-state index in [1.807, 2.05) is 0 Å². The zero-order chi connectivity index (χ0) is 12.5. The third kappa shape index (κ3) is 4.36. The molecule has 0 radical (unpaired) electrons. The molecule has 1 atom stereocenters. The first-order valence-corrected chi connectivity index (χ1v) is 4.98. The van der Waals surface area contributed by atoms with Gasteiger partial charge in [0.2, 0.25) is 0 Å². The standard InChI is InChI=1S/C11H11N3O3/c12-14-13-10(6-7-15)8-17-11(16)9-4-2-1-3-5-9/h1-5,7,10H,6,8H2. The number of azide groups is 1. The first-order chi connectivity index (χ1) is 8.27. The van der Waals surface area contributed by atoms with Crippen molar-refractivity contribution in [1.82, 2.24) is 0 Å². The number of nitrogens with zero attached hydrogens (tertiary/aromatic N) is 3. The van der Waals surface area contributed by atoms with Crippen LogP contribution in [0.25, 0.3) is 10.4 Å². The Bertz CT molecular complexity index is 427. The number of benzene rings is 1. The zero-order valence-corrected chi connectivity index (χ0v) is 9.02. The molecule has 0 aliphatic carbocycles. The van der Waals surface area contributed by atoms with Crippen molar-refractivity contribution in [2.45, 2.75) is 12.5 Å². The van der Waals surface area contributed by atoms with Crippen molar-refractivity contribution in [3.63, 3.8) is 0 Å². The summed E-state index contributed by atoms with van der Waals surface area (Å²) >= 11 is 0. The maximum absolute atomic E-state index is 11.5. The summed E-state index contributed by atoms with van der Waals surface area (Å²) in [6, 6.07) is 7.80. The summed E-state index contributed by atoms with van der Waals surface area (Å²) < 4.78 is 4.93. The van der Waals surface area contributed by atoms with E-state index in [2.05, 4.69) is 10.0 Å². The molecule has 17 heavy (non-hydrogen) atoms. The first kappa shape index (κ1) is 12.7. The van der Waals surface area contributed by atoms with Gasteiger partial charge in [-0.25, -0.2) is 4.79 Å². The molecule has 1 aromatic rings. The van der Waals surface area contributed by atoms with Gasteiger partial charge in [-0.15, -0.1) is 0 Å². The van der Waals surface area contributed by atoms with E-state index in [4.69, 9.17) is 10.3 Å². The van der Waals surface area contributed by atoms with Crippen molar-refractivity contribution in [2.24, 2.45) is 5.11 Å². The highest BCUT2D eigenvalue weighted by Crippen LogP contribution is 2.04. The number of hydrogen-bond acceptors (Lipinski definition) is 4. The molecule has 0 aliphatic heterocycles. The predicted octanol–water partition coefficient (Wildman–Crippen LogP) is 2.11. The van der Waals surface area contributed by atoms with Crippen LogP contribution in [-0.2, 0) is 9.53 Å². The molecular weight excluding hydrogens is 222 g/mol. The summed E-state index contributed by atoms with van der Waals surface area (Å²) in [6.45, 7) is -0.101. The van der Waals surface area contributed by atoms with Crippen LogP contribution in [0.1, 0.15) is 16.8 Å². The highest BCUT2D eigenvalue weighted by atomic mass is 16.5. The average molecular weight is 233 g/mol. The normalized spacial score (nSPS) is 11.1. The van der Waals surface area contributed by atoms with Crippen molar-refractivity contribution >= 4 is 12.3 Å². The lowest BCUT2D eigenvalue weighted by atomic mass is 10.2. The van der Waals surface area contributed by atoms with Crippen molar-refractivity contribution < 1.29 is 14.3 Å². The third-order valence-electron chi connectivity index (χ3n) is 2.00. The van der Waals surface area contributed by atoms with Gasteiger partial charge in [0, 0.05) is 11.3 Å². The average Bonchev–Trinajstić information content (AvgIpc) is 2.37. The van der Waals surface area contributed by atoms with Gasteiger partial charge < -0.3 is 9.53 Å². The number of carbonyl (C=O) groups is 2. The molecule has 1 rings (SSSR count). The van der Waals surface area contributed by atoms with Crippen molar-refractivity contribution in [3.8, 4) is 0 Å². The van der Waals surface area contributed by atoms with Gasteiger partial charge in [0.1, 0.15) is 12.9 Å². The van der Waals surface area contributed by atoms with Gasteiger partial charge >= 0.3 is 5.97 Å². The summed E-state index contributed by atoms with van der Waals surface area (Å²) in [5, 5.41) is 3.35. The molecule has 0 saturated heterocycles. The van der Waals surface area contributed by atoms with Crippen molar-refractivity contribution in [2.75, 3.05) is 6.61 Å².